The first-order valence-electron chi connectivity index (χ1n) is 10.1. The number of hydrogen-bond acceptors (Lipinski definition) is 5. The molecule has 2 N–H and O–H groups in total. The Hall–Kier alpha value is -4.50. The molecule has 34 heavy (non-hydrogen) atoms. The number of anilines is 3. The second-order valence-corrected chi connectivity index (χ2v) is 7.73. The first-order valence-corrected chi connectivity index (χ1v) is 10.4. The predicted molar refractivity (Wildman–Crippen MR) is 129 cm³/mol. The standard InChI is InChI=1S/C24H17ClN4O5/c25-18-11-5-15(13-21(18)29(33)34)6-12-22(30)26-17-9-7-16(8-10-17)24(32)28-14-23(31)27-19-3-1-2-4-20(19)28/h1-13H,14H2,(H,26,30)(H,27,31)/b12-6+. The van der Waals surface area contributed by atoms with E-state index < -0.39 is 10.8 Å². The SMILES string of the molecule is O=C(/C=C/c1ccc(Cl)c([N+](=O)[O-])c1)Nc1ccc(C(=O)N2CC(=O)Nc3ccccc32)cc1. The maximum Gasteiger partial charge on any atom is 0.288 e. The van der Waals surface area contributed by atoms with Gasteiger partial charge in [-0.2, -0.15) is 0 Å². The molecule has 9 nitrogen and oxygen atoms in total. The van der Waals surface area contributed by atoms with E-state index in [1.165, 1.54) is 29.2 Å². The highest BCUT2D eigenvalue weighted by molar-refractivity contribution is 6.32. The Kier molecular flexibility index (Phi) is 6.37. The molecule has 0 radical (unpaired) electrons. The minimum absolute atomic E-state index is 0.00917. The second-order valence-electron chi connectivity index (χ2n) is 7.32. The van der Waals surface area contributed by atoms with E-state index in [-0.39, 0.29) is 29.1 Å². The van der Waals surface area contributed by atoms with Crippen molar-refractivity contribution >= 4 is 58.1 Å². The summed E-state index contributed by atoms with van der Waals surface area (Å²) < 4.78 is 0. The van der Waals surface area contributed by atoms with Crippen LogP contribution in [0.15, 0.2) is 72.8 Å². The molecule has 0 aliphatic carbocycles. The largest absolute Gasteiger partial charge is 0.323 e. The van der Waals surface area contributed by atoms with Gasteiger partial charge < -0.3 is 10.6 Å². The van der Waals surface area contributed by atoms with E-state index in [1.54, 1.807) is 54.6 Å². The molecule has 0 saturated carbocycles. The molecule has 0 unspecified atom stereocenters. The number of halogens is 1. The van der Waals surface area contributed by atoms with Gasteiger partial charge in [0.25, 0.3) is 11.6 Å². The number of fused-ring (bicyclic) bond motifs is 1. The molecule has 3 aromatic rings. The van der Waals surface area contributed by atoms with Gasteiger partial charge in [0.05, 0.1) is 16.3 Å². The second kappa shape index (κ2) is 9.55. The quantitative estimate of drug-likeness (QED) is 0.319. The van der Waals surface area contributed by atoms with E-state index in [2.05, 4.69) is 10.6 Å². The lowest BCUT2D eigenvalue weighted by Gasteiger charge is -2.29. The molecule has 3 amide bonds. The number of para-hydroxylation sites is 2. The Morgan fingerprint density at radius 1 is 1.09 bits per heavy atom. The van der Waals surface area contributed by atoms with Gasteiger partial charge in [0, 0.05) is 23.4 Å². The average molecular weight is 477 g/mol. The molecule has 1 aliphatic heterocycles. The Bertz CT molecular complexity index is 1340. The number of amides is 3. The normalized spacial score (nSPS) is 12.7. The topological polar surface area (TPSA) is 122 Å². The monoisotopic (exact) mass is 476 g/mol. The molecule has 1 aliphatic rings. The Balaban J connectivity index is 1.43. The maximum absolute atomic E-state index is 13.0. The Labute approximate surface area is 198 Å². The van der Waals surface area contributed by atoms with Crippen LogP contribution in [-0.2, 0) is 9.59 Å². The van der Waals surface area contributed by atoms with Crippen molar-refractivity contribution in [3.63, 3.8) is 0 Å². The van der Waals surface area contributed by atoms with E-state index in [0.29, 0.717) is 28.2 Å². The summed E-state index contributed by atoms with van der Waals surface area (Å²) in [6, 6.07) is 17.5. The van der Waals surface area contributed by atoms with E-state index in [0.717, 1.165) is 0 Å². The molecule has 10 heteroatoms. The third-order valence-corrected chi connectivity index (χ3v) is 5.33. The molecule has 0 bridgehead atoms. The van der Waals surface area contributed by atoms with E-state index in [9.17, 15) is 24.5 Å². The molecule has 0 saturated heterocycles. The van der Waals surface area contributed by atoms with Gasteiger partial charge in [0.2, 0.25) is 11.8 Å². The van der Waals surface area contributed by atoms with Crippen molar-refractivity contribution in [3.05, 3.63) is 99.1 Å². The van der Waals surface area contributed by atoms with Crippen molar-refractivity contribution < 1.29 is 19.3 Å². The highest BCUT2D eigenvalue weighted by atomic mass is 35.5. The summed E-state index contributed by atoms with van der Waals surface area (Å²) in [6.07, 6.45) is 2.66. The lowest BCUT2D eigenvalue weighted by atomic mass is 10.1. The zero-order chi connectivity index (χ0) is 24.2. The third kappa shape index (κ3) is 4.94. The fraction of sp³-hybridized carbons (Fsp3) is 0.0417. The van der Waals surface area contributed by atoms with E-state index in [4.69, 9.17) is 11.6 Å². The maximum atomic E-state index is 13.0. The minimum atomic E-state index is -0.600. The van der Waals surface area contributed by atoms with Crippen molar-refractivity contribution in [1.82, 2.24) is 0 Å². The van der Waals surface area contributed by atoms with Crippen LogP contribution in [0.4, 0.5) is 22.7 Å². The van der Waals surface area contributed by atoms with Gasteiger partial charge in [0.15, 0.2) is 0 Å². The van der Waals surface area contributed by atoms with Gasteiger partial charge in [-0.3, -0.25) is 29.4 Å². The number of nitrogens with zero attached hydrogens (tertiary/aromatic N) is 2. The molecule has 0 atom stereocenters. The summed E-state index contributed by atoms with van der Waals surface area (Å²) in [4.78, 5) is 49.0. The summed E-state index contributed by atoms with van der Waals surface area (Å²) >= 11 is 5.79. The highest BCUT2D eigenvalue weighted by Crippen LogP contribution is 2.30. The number of nitro groups is 1. The number of rotatable bonds is 5. The number of nitrogens with one attached hydrogen (secondary N) is 2. The fourth-order valence-electron chi connectivity index (χ4n) is 3.40. The molecule has 170 valence electrons. The number of carbonyl (C=O) groups excluding carboxylic acids is 3. The third-order valence-electron chi connectivity index (χ3n) is 5.01. The fourth-order valence-corrected chi connectivity index (χ4v) is 3.58. The molecular formula is C24H17ClN4O5. The van der Waals surface area contributed by atoms with Crippen LogP contribution in [-0.4, -0.2) is 29.2 Å². The van der Waals surface area contributed by atoms with E-state index >= 15 is 0 Å². The van der Waals surface area contributed by atoms with Crippen LogP contribution in [0.2, 0.25) is 5.02 Å². The first kappa shape index (κ1) is 22.7. The van der Waals surface area contributed by atoms with Gasteiger partial charge in [-0.25, -0.2) is 0 Å². The van der Waals surface area contributed by atoms with E-state index in [1.807, 2.05) is 0 Å². The van der Waals surface area contributed by atoms with Crippen molar-refractivity contribution in [2.24, 2.45) is 0 Å². The number of nitro benzene ring substituents is 1. The molecule has 1 heterocycles. The molecule has 0 fully saturated rings. The molecule has 4 rings (SSSR count). The van der Waals surface area contributed by atoms with Gasteiger partial charge in [-0.05, 0) is 54.1 Å². The summed E-state index contributed by atoms with van der Waals surface area (Å²) in [5.41, 5.74) is 2.17. The minimum Gasteiger partial charge on any atom is -0.323 e. The smallest absolute Gasteiger partial charge is 0.288 e. The van der Waals surface area contributed by atoms with Crippen LogP contribution in [0.3, 0.4) is 0 Å². The molecule has 3 aromatic carbocycles. The number of hydrogen-bond donors (Lipinski definition) is 2. The average Bonchev–Trinajstić information content (AvgIpc) is 2.83. The van der Waals surface area contributed by atoms with Crippen LogP contribution in [0.25, 0.3) is 6.08 Å². The summed E-state index contributed by atoms with van der Waals surface area (Å²) in [5.74, 6) is -1.09. The van der Waals surface area contributed by atoms with Crippen LogP contribution in [0.5, 0.6) is 0 Å². The summed E-state index contributed by atoms with van der Waals surface area (Å²) in [5, 5.41) is 16.4. The highest BCUT2D eigenvalue weighted by Gasteiger charge is 2.27. The van der Waals surface area contributed by atoms with Crippen LogP contribution < -0.4 is 15.5 Å². The van der Waals surface area contributed by atoms with Crippen molar-refractivity contribution in [1.29, 1.82) is 0 Å². The van der Waals surface area contributed by atoms with Crippen LogP contribution >= 0.6 is 11.6 Å². The number of carbonyl (C=O) groups is 3. The van der Waals surface area contributed by atoms with Gasteiger partial charge in [0.1, 0.15) is 11.6 Å². The van der Waals surface area contributed by atoms with Gasteiger partial charge in [-0.1, -0.05) is 29.8 Å². The van der Waals surface area contributed by atoms with Crippen LogP contribution in [0.1, 0.15) is 15.9 Å². The summed E-state index contributed by atoms with van der Waals surface area (Å²) in [6.45, 7) is -0.0952. The first-order chi connectivity index (χ1) is 16.3. The van der Waals surface area contributed by atoms with Crippen molar-refractivity contribution in [3.8, 4) is 0 Å². The van der Waals surface area contributed by atoms with Gasteiger partial charge in [-0.15, -0.1) is 0 Å². The Morgan fingerprint density at radius 3 is 2.56 bits per heavy atom. The summed E-state index contributed by atoms with van der Waals surface area (Å²) in [7, 11) is 0. The zero-order valence-electron chi connectivity index (χ0n) is 17.5. The zero-order valence-corrected chi connectivity index (χ0v) is 18.3. The lowest BCUT2D eigenvalue weighted by molar-refractivity contribution is -0.384. The lowest BCUT2D eigenvalue weighted by Crippen LogP contribution is -2.42. The van der Waals surface area contributed by atoms with Crippen molar-refractivity contribution in [2.75, 3.05) is 22.1 Å². The van der Waals surface area contributed by atoms with Crippen molar-refractivity contribution in [2.45, 2.75) is 0 Å². The molecule has 0 aromatic heterocycles. The predicted octanol–water partition coefficient (Wildman–Crippen LogP) is 4.50. The molecule has 0 spiro atoms. The molecular weight excluding hydrogens is 460 g/mol. The Morgan fingerprint density at radius 2 is 1.82 bits per heavy atom. The number of benzene rings is 3. The van der Waals surface area contributed by atoms with Crippen LogP contribution in [0, 0.1) is 10.1 Å². The van der Waals surface area contributed by atoms with Gasteiger partial charge >= 0.3 is 0 Å².